The molecule has 0 bridgehead atoms. The number of ether oxygens (including phenoxy) is 2. The van der Waals surface area contributed by atoms with Crippen LogP contribution in [0.2, 0.25) is 0 Å². The van der Waals surface area contributed by atoms with Crippen molar-refractivity contribution in [1.29, 1.82) is 0 Å². The molecule has 0 saturated heterocycles. The Morgan fingerprint density at radius 3 is 2.60 bits per heavy atom. The van der Waals surface area contributed by atoms with Gasteiger partial charge in [-0.25, -0.2) is 8.78 Å². The van der Waals surface area contributed by atoms with Gasteiger partial charge in [-0.05, 0) is 43.7 Å². The van der Waals surface area contributed by atoms with Crippen molar-refractivity contribution >= 4 is 11.6 Å². The minimum atomic E-state index is -0.828. The van der Waals surface area contributed by atoms with Crippen LogP contribution in [0.5, 0.6) is 5.75 Å². The lowest BCUT2D eigenvalue weighted by atomic mass is 10.1. The average Bonchev–Trinajstić information content (AvgIpc) is 2.59. The molecular weight excluding hydrogens is 328 g/mol. The quantitative estimate of drug-likeness (QED) is 0.712. The van der Waals surface area contributed by atoms with Crippen LogP contribution in [0.15, 0.2) is 36.4 Å². The molecule has 0 aromatic heterocycles. The highest BCUT2D eigenvalue weighted by molar-refractivity contribution is 6.04. The summed E-state index contributed by atoms with van der Waals surface area (Å²) in [4.78, 5) is 12.3. The third-order valence-electron chi connectivity index (χ3n) is 3.41. The fraction of sp³-hybridized carbons (Fsp3) is 0.316. The molecule has 25 heavy (non-hydrogen) atoms. The Labute approximate surface area is 145 Å². The number of carbonyl (C=O) groups excluding carboxylic acids is 1. The Balaban J connectivity index is 2.19. The van der Waals surface area contributed by atoms with E-state index in [1.54, 1.807) is 18.2 Å². The van der Waals surface area contributed by atoms with E-state index in [4.69, 9.17) is 9.47 Å². The largest absolute Gasteiger partial charge is 0.494 e. The lowest BCUT2D eigenvalue weighted by Crippen LogP contribution is -2.14. The van der Waals surface area contributed by atoms with E-state index in [2.05, 4.69) is 5.32 Å². The highest BCUT2D eigenvalue weighted by Gasteiger charge is 2.13. The van der Waals surface area contributed by atoms with Crippen molar-refractivity contribution in [2.75, 3.05) is 18.5 Å². The smallest absolute Gasteiger partial charge is 0.255 e. The molecule has 2 aromatic carbocycles. The van der Waals surface area contributed by atoms with Gasteiger partial charge in [0.25, 0.3) is 5.91 Å². The Morgan fingerprint density at radius 2 is 1.92 bits per heavy atom. The summed E-state index contributed by atoms with van der Waals surface area (Å²) in [7, 11) is 0. The van der Waals surface area contributed by atoms with E-state index in [1.807, 2.05) is 13.8 Å². The van der Waals surface area contributed by atoms with Gasteiger partial charge in [0, 0.05) is 23.8 Å². The Bertz CT molecular complexity index is 735. The maximum atomic E-state index is 13.7. The van der Waals surface area contributed by atoms with Gasteiger partial charge in [-0.3, -0.25) is 4.79 Å². The van der Waals surface area contributed by atoms with Crippen LogP contribution in [0, 0.1) is 11.6 Å². The first-order valence-electron chi connectivity index (χ1n) is 8.15. The van der Waals surface area contributed by atoms with E-state index in [-0.39, 0.29) is 5.69 Å². The number of anilines is 1. The highest BCUT2D eigenvalue weighted by atomic mass is 19.1. The monoisotopic (exact) mass is 349 g/mol. The van der Waals surface area contributed by atoms with Crippen molar-refractivity contribution in [2.24, 2.45) is 0 Å². The molecule has 1 amide bonds. The fourth-order valence-corrected chi connectivity index (χ4v) is 2.24. The third kappa shape index (κ3) is 5.26. The molecule has 2 rings (SSSR count). The number of carbonyl (C=O) groups is 1. The van der Waals surface area contributed by atoms with Gasteiger partial charge in [-0.1, -0.05) is 6.92 Å². The van der Waals surface area contributed by atoms with Gasteiger partial charge < -0.3 is 14.8 Å². The van der Waals surface area contributed by atoms with Gasteiger partial charge in [0.15, 0.2) is 0 Å². The van der Waals surface area contributed by atoms with Gasteiger partial charge in [-0.2, -0.15) is 0 Å². The van der Waals surface area contributed by atoms with Crippen LogP contribution in [0.25, 0.3) is 0 Å². The number of benzene rings is 2. The summed E-state index contributed by atoms with van der Waals surface area (Å²) in [5, 5.41) is 2.44. The van der Waals surface area contributed by atoms with Crippen molar-refractivity contribution in [2.45, 2.75) is 26.9 Å². The summed E-state index contributed by atoms with van der Waals surface area (Å²) in [6, 6.07) is 7.91. The summed E-state index contributed by atoms with van der Waals surface area (Å²) in [6.45, 7) is 5.28. The Hall–Kier alpha value is -2.47. The highest BCUT2D eigenvalue weighted by Crippen LogP contribution is 2.23. The van der Waals surface area contributed by atoms with Gasteiger partial charge in [0.2, 0.25) is 0 Å². The molecule has 0 spiro atoms. The van der Waals surface area contributed by atoms with Crippen molar-refractivity contribution in [3.8, 4) is 5.75 Å². The second-order valence-electron chi connectivity index (χ2n) is 5.39. The van der Waals surface area contributed by atoms with Gasteiger partial charge in [-0.15, -0.1) is 0 Å². The summed E-state index contributed by atoms with van der Waals surface area (Å²) in [5.41, 5.74) is 0.994. The number of amides is 1. The predicted octanol–water partition coefficient (Wildman–Crippen LogP) is 4.54. The molecule has 0 aliphatic heterocycles. The molecule has 0 heterocycles. The normalized spacial score (nSPS) is 10.6. The lowest BCUT2D eigenvalue weighted by Gasteiger charge is -2.13. The van der Waals surface area contributed by atoms with Gasteiger partial charge in [0.1, 0.15) is 17.4 Å². The number of hydrogen-bond donors (Lipinski definition) is 1. The van der Waals surface area contributed by atoms with Crippen molar-refractivity contribution in [3.63, 3.8) is 0 Å². The summed E-state index contributed by atoms with van der Waals surface area (Å²) in [5.74, 6) is -1.38. The molecule has 6 heteroatoms. The Kier molecular flexibility index (Phi) is 6.89. The van der Waals surface area contributed by atoms with Crippen molar-refractivity contribution < 1.29 is 23.0 Å². The molecule has 0 unspecified atom stereocenters. The molecule has 1 N–H and O–H groups in total. The molecule has 2 aromatic rings. The van der Waals surface area contributed by atoms with E-state index < -0.39 is 17.5 Å². The summed E-state index contributed by atoms with van der Waals surface area (Å²) < 4.78 is 37.7. The third-order valence-corrected chi connectivity index (χ3v) is 3.41. The van der Waals surface area contributed by atoms with Crippen LogP contribution in [0.1, 0.15) is 36.2 Å². The number of halogens is 2. The second kappa shape index (κ2) is 9.13. The minimum absolute atomic E-state index is 0.0796. The molecule has 0 saturated carbocycles. The first-order chi connectivity index (χ1) is 12.0. The molecule has 0 fully saturated rings. The molecule has 0 atom stereocenters. The van der Waals surface area contributed by atoms with Crippen LogP contribution in [0.3, 0.4) is 0 Å². The van der Waals surface area contributed by atoms with E-state index in [9.17, 15) is 13.6 Å². The summed E-state index contributed by atoms with van der Waals surface area (Å²) >= 11 is 0. The van der Waals surface area contributed by atoms with E-state index in [1.165, 1.54) is 6.07 Å². The van der Waals surface area contributed by atoms with Crippen LogP contribution in [-0.4, -0.2) is 19.1 Å². The van der Waals surface area contributed by atoms with Crippen LogP contribution >= 0.6 is 0 Å². The van der Waals surface area contributed by atoms with E-state index in [0.717, 1.165) is 24.1 Å². The second-order valence-corrected chi connectivity index (χ2v) is 5.39. The van der Waals surface area contributed by atoms with Crippen LogP contribution in [-0.2, 0) is 11.3 Å². The first kappa shape index (κ1) is 18.9. The fourth-order valence-electron chi connectivity index (χ4n) is 2.24. The number of hydrogen-bond acceptors (Lipinski definition) is 3. The molecular formula is C19H21F2NO3. The topological polar surface area (TPSA) is 47.6 Å². The number of rotatable bonds is 8. The predicted molar refractivity (Wildman–Crippen MR) is 91.9 cm³/mol. The molecule has 4 nitrogen and oxygen atoms in total. The average molecular weight is 349 g/mol. The molecule has 0 aliphatic carbocycles. The molecule has 0 aliphatic rings. The summed E-state index contributed by atoms with van der Waals surface area (Å²) in [6.07, 6.45) is 0.883. The zero-order valence-corrected chi connectivity index (χ0v) is 14.3. The number of nitrogens with one attached hydrogen (secondary N) is 1. The van der Waals surface area contributed by atoms with Gasteiger partial charge in [0.05, 0.1) is 18.9 Å². The van der Waals surface area contributed by atoms with Crippen LogP contribution in [0.4, 0.5) is 14.5 Å². The van der Waals surface area contributed by atoms with Gasteiger partial charge >= 0.3 is 0 Å². The van der Waals surface area contributed by atoms with Crippen LogP contribution < -0.4 is 10.1 Å². The van der Waals surface area contributed by atoms with Crippen molar-refractivity contribution in [1.82, 2.24) is 0 Å². The van der Waals surface area contributed by atoms with E-state index in [0.29, 0.717) is 31.1 Å². The maximum Gasteiger partial charge on any atom is 0.255 e. The molecule has 134 valence electrons. The maximum absolute atomic E-state index is 13.7. The first-order valence-corrected chi connectivity index (χ1v) is 8.15. The SMILES string of the molecule is CCCOCc1cc(C(=O)Nc2ccc(F)cc2F)ccc1OCC. The zero-order valence-electron chi connectivity index (χ0n) is 14.3. The Morgan fingerprint density at radius 1 is 1.12 bits per heavy atom. The van der Waals surface area contributed by atoms with E-state index >= 15 is 0 Å². The zero-order chi connectivity index (χ0) is 18.2. The minimum Gasteiger partial charge on any atom is -0.494 e. The molecule has 0 radical (unpaired) electrons. The van der Waals surface area contributed by atoms with Crippen molar-refractivity contribution in [3.05, 3.63) is 59.2 Å². The lowest BCUT2D eigenvalue weighted by molar-refractivity contribution is 0.102. The standard InChI is InChI=1S/C19H21F2NO3/c1-3-9-24-12-14-10-13(5-8-18(14)25-4-2)19(23)22-17-7-6-15(20)11-16(17)21/h5-8,10-11H,3-4,9,12H2,1-2H3,(H,22,23).